The normalized spacial score (nSPS) is 10.0. The molecule has 0 saturated heterocycles. The van der Waals surface area contributed by atoms with E-state index in [1.54, 1.807) is 18.5 Å². The molecule has 0 aliphatic heterocycles. The van der Waals surface area contributed by atoms with Gasteiger partial charge in [-0.05, 0) is 12.1 Å². The highest BCUT2D eigenvalue weighted by atomic mass is 35.5. The Morgan fingerprint density at radius 1 is 1.43 bits per heavy atom. The van der Waals surface area contributed by atoms with Crippen LogP contribution >= 0.6 is 11.6 Å². The molecule has 0 atom stereocenters. The average molecular weight is 204 g/mol. The molecule has 2 aromatic heterocycles. The van der Waals surface area contributed by atoms with Crippen molar-refractivity contribution in [3.05, 3.63) is 35.2 Å². The molecule has 0 fully saturated rings. The lowest BCUT2D eigenvalue weighted by atomic mass is 10.1. The number of aromatic nitrogens is 2. The van der Waals surface area contributed by atoms with Crippen molar-refractivity contribution in [2.45, 2.75) is 6.42 Å². The fourth-order valence-electron chi connectivity index (χ4n) is 1.31. The summed E-state index contributed by atoms with van der Waals surface area (Å²) in [6.07, 6.45) is 3.58. The molecule has 2 rings (SSSR count). The fraction of sp³-hybridized carbons (Fsp3) is 0.100. The molecule has 0 saturated carbocycles. The average Bonchev–Trinajstić information content (AvgIpc) is 2.23. The van der Waals surface area contributed by atoms with Crippen LogP contribution in [-0.2, 0) is 6.42 Å². The number of fused-ring (bicyclic) bond motifs is 1. The summed E-state index contributed by atoms with van der Waals surface area (Å²) in [6, 6.07) is 5.72. The predicted molar refractivity (Wildman–Crippen MR) is 53.9 cm³/mol. The lowest BCUT2D eigenvalue weighted by molar-refractivity contribution is 1.20. The van der Waals surface area contributed by atoms with Crippen LogP contribution in [0, 0.1) is 11.3 Å². The molecule has 0 bridgehead atoms. The second-order valence-electron chi connectivity index (χ2n) is 2.81. The van der Waals surface area contributed by atoms with Gasteiger partial charge in [-0.25, -0.2) is 4.98 Å². The molecule has 0 N–H and O–H groups in total. The van der Waals surface area contributed by atoms with Gasteiger partial charge in [0.2, 0.25) is 0 Å². The molecule has 0 unspecified atom stereocenters. The van der Waals surface area contributed by atoms with E-state index in [2.05, 4.69) is 16.0 Å². The van der Waals surface area contributed by atoms with Crippen molar-refractivity contribution in [2.75, 3.05) is 0 Å². The number of nitrogens with zero attached hydrogens (tertiary/aromatic N) is 3. The monoisotopic (exact) mass is 203 g/mol. The van der Waals surface area contributed by atoms with Gasteiger partial charge in [-0.1, -0.05) is 11.6 Å². The van der Waals surface area contributed by atoms with Crippen molar-refractivity contribution < 1.29 is 0 Å². The largest absolute Gasteiger partial charge is 0.256 e. The minimum Gasteiger partial charge on any atom is -0.256 e. The van der Waals surface area contributed by atoms with E-state index < -0.39 is 0 Å². The zero-order chi connectivity index (χ0) is 9.97. The topological polar surface area (TPSA) is 49.6 Å². The standard InChI is InChI=1S/C10H6ClN3/c11-10-8-2-1-5-13-9(8)7(3-4-12)6-14-10/h1-2,5-6H,3H2. The molecule has 0 aromatic carbocycles. The molecular formula is C10H6ClN3. The van der Waals surface area contributed by atoms with Gasteiger partial charge < -0.3 is 0 Å². The van der Waals surface area contributed by atoms with E-state index in [4.69, 9.17) is 16.9 Å². The predicted octanol–water partition coefficient (Wildman–Crippen LogP) is 2.35. The molecule has 0 spiro atoms. The second-order valence-corrected chi connectivity index (χ2v) is 3.17. The van der Waals surface area contributed by atoms with Crippen molar-refractivity contribution in [1.82, 2.24) is 9.97 Å². The van der Waals surface area contributed by atoms with E-state index in [1.165, 1.54) is 0 Å². The number of hydrogen-bond acceptors (Lipinski definition) is 3. The van der Waals surface area contributed by atoms with Gasteiger partial charge in [0, 0.05) is 23.3 Å². The molecule has 3 nitrogen and oxygen atoms in total. The third-order valence-electron chi connectivity index (χ3n) is 1.94. The van der Waals surface area contributed by atoms with E-state index in [-0.39, 0.29) is 0 Å². The van der Waals surface area contributed by atoms with E-state index in [1.807, 2.05) is 6.07 Å². The quantitative estimate of drug-likeness (QED) is 0.669. The van der Waals surface area contributed by atoms with Crippen LogP contribution in [0.1, 0.15) is 5.56 Å². The highest BCUT2D eigenvalue weighted by Gasteiger charge is 2.05. The van der Waals surface area contributed by atoms with Crippen LogP contribution in [-0.4, -0.2) is 9.97 Å². The smallest absolute Gasteiger partial charge is 0.138 e. The van der Waals surface area contributed by atoms with Crippen molar-refractivity contribution in [2.24, 2.45) is 0 Å². The molecule has 14 heavy (non-hydrogen) atoms. The zero-order valence-electron chi connectivity index (χ0n) is 7.24. The molecule has 0 aliphatic rings. The van der Waals surface area contributed by atoms with Gasteiger partial charge in [-0.15, -0.1) is 0 Å². The van der Waals surface area contributed by atoms with Gasteiger partial charge in [-0.3, -0.25) is 4.98 Å². The molecule has 4 heteroatoms. The Bertz CT molecular complexity index is 516. The van der Waals surface area contributed by atoms with E-state index in [0.29, 0.717) is 11.6 Å². The minimum absolute atomic E-state index is 0.303. The van der Waals surface area contributed by atoms with Crippen LogP contribution in [0.3, 0.4) is 0 Å². The molecule has 0 aliphatic carbocycles. The first-order chi connectivity index (χ1) is 6.83. The highest BCUT2D eigenvalue weighted by molar-refractivity contribution is 6.34. The van der Waals surface area contributed by atoms with E-state index in [9.17, 15) is 0 Å². The van der Waals surface area contributed by atoms with Gasteiger partial charge in [0.05, 0.1) is 18.0 Å². The number of hydrogen-bond donors (Lipinski definition) is 0. The first kappa shape index (κ1) is 8.92. The van der Waals surface area contributed by atoms with Crippen LogP contribution in [0.25, 0.3) is 10.9 Å². The van der Waals surface area contributed by atoms with Crippen molar-refractivity contribution in [1.29, 1.82) is 5.26 Å². The number of nitriles is 1. The van der Waals surface area contributed by atoms with Gasteiger partial charge >= 0.3 is 0 Å². The third-order valence-corrected chi connectivity index (χ3v) is 2.24. The lowest BCUT2D eigenvalue weighted by Gasteiger charge is -2.02. The molecular weight excluding hydrogens is 198 g/mol. The van der Waals surface area contributed by atoms with Crippen molar-refractivity contribution in [3.8, 4) is 6.07 Å². The lowest BCUT2D eigenvalue weighted by Crippen LogP contribution is -1.90. The summed E-state index contributed by atoms with van der Waals surface area (Å²) in [4.78, 5) is 8.19. The Kier molecular flexibility index (Phi) is 2.30. The van der Waals surface area contributed by atoms with Gasteiger partial charge in [-0.2, -0.15) is 5.26 Å². The maximum atomic E-state index is 8.61. The van der Waals surface area contributed by atoms with Gasteiger partial charge in [0.1, 0.15) is 5.15 Å². The Balaban J connectivity index is 2.76. The van der Waals surface area contributed by atoms with E-state index >= 15 is 0 Å². The zero-order valence-corrected chi connectivity index (χ0v) is 7.99. The SMILES string of the molecule is N#CCc1cnc(Cl)c2cccnc12. The number of rotatable bonds is 1. The Labute approximate surface area is 86.0 Å². The van der Waals surface area contributed by atoms with Crippen LogP contribution in [0.5, 0.6) is 0 Å². The summed E-state index contributed by atoms with van der Waals surface area (Å²) in [7, 11) is 0. The minimum atomic E-state index is 0.303. The van der Waals surface area contributed by atoms with Crippen LogP contribution < -0.4 is 0 Å². The fourth-order valence-corrected chi connectivity index (χ4v) is 1.51. The number of halogens is 1. The molecule has 0 amide bonds. The molecule has 0 radical (unpaired) electrons. The van der Waals surface area contributed by atoms with E-state index in [0.717, 1.165) is 16.5 Å². The molecule has 2 heterocycles. The summed E-state index contributed by atoms with van der Waals surface area (Å²) >= 11 is 5.90. The second kappa shape index (κ2) is 3.60. The highest BCUT2D eigenvalue weighted by Crippen LogP contribution is 2.22. The molecule has 2 aromatic rings. The third kappa shape index (κ3) is 1.40. The Hall–Kier alpha value is -1.66. The maximum Gasteiger partial charge on any atom is 0.138 e. The van der Waals surface area contributed by atoms with Crippen molar-refractivity contribution >= 4 is 22.5 Å². The number of pyridine rings is 2. The first-order valence-corrected chi connectivity index (χ1v) is 4.46. The van der Waals surface area contributed by atoms with Crippen molar-refractivity contribution in [3.63, 3.8) is 0 Å². The summed E-state index contributed by atoms with van der Waals surface area (Å²) in [6.45, 7) is 0. The summed E-state index contributed by atoms with van der Waals surface area (Å²) in [5.41, 5.74) is 1.57. The Morgan fingerprint density at radius 2 is 2.29 bits per heavy atom. The maximum absolute atomic E-state index is 8.61. The molecule has 68 valence electrons. The van der Waals surface area contributed by atoms with Gasteiger partial charge in [0.25, 0.3) is 0 Å². The Morgan fingerprint density at radius 3 is 3.07 bits per heavy atom. The first-order valence-electron chi connectivity index (χ1n) is 4.08. The van der Waals surface area contributed by atoms with Crippen LogP contribution in [0.15, 0.2) is 24.5 Å². The van der Waals surface area contributed by atoms with Crippen LogP contribution in [0.4, 0.5) is 0 Å². The summed E-state index contributed by atoms with van der Waals surface area (Å²) < 4.78 is 0. The summed E-state index contributed by atoms with van der Waals surface area (Å²) in [5.74, 6) is 0. The van der Waals surface area contributed by atoms with Crippen LogP contribution in [0.2, 0.25) is 5.15 Å². The summed E-state index contributed by atoms with van der Waals surface area (Å²) in [5, 5.41) is 9.83. The van der Waals surface area contributed by atoms with Gasteiger partial charge in [0.15, 0.2) is 0 Å².